The number of halogens is 4. The van der Waals surface area contributed by atoms with Crippen LogP contribution in [-0.2, 0) is 11.4 Å². The summed E-state index contributed by atoms with van der Waals surface area (Å²) < 4.78 is 2.02. The highest BCUT2D eigenvalue weighted by Crippen LogP contribution is 2.23. The minimum absolute atomic E-state index is 0. The predicted octanol–water partition coefficient (Wildman–Crippen LogP) is 4.19. The van der Waals surface area contributed by atoms with Gasteiger partial charge < -0.3 is 15.1 Å². The van der Waals surface area contributed by atoms with E-state index in [0.717, 1.165) is 30.7 Å². The molecule has 0 aliphatic carbocycles. The molecule has 2 aromatic rings. The van der Waals surface area contributed by atoms with E-state index in [4.69, 9.17) is 33.8 Å². The van der Waals surface area contributed by atoms with Crippen molar-refractivity contribution in [3.63, 3.8) is 0 Å². The van der Waals surface area contributed by atoms with Crippen LogP contribution in [0.4, 0.5) is 0 Å². The predicted molar refractivity (Wildman–Crippen MR) is 104 cm³/mol. The van der Waals surface area contributed by atoms with Gasteiger partial charge in [-0.1, -0.05) is 34.4 Å². The molecule has 0 fully saturated rings. The van der Waals surface area contributed by atoms with Crippen molar-refractivity contribution in [3.05, 3.63) is 52.5 Å². The highest BCUT2D eigenvalue weighted by molar-refractivity contribution is 6.42. The molecular weight excluding hydrogens is 394 g/mol. The van der Waals surface area contributed by atoms with E-state index in [0.29, 0.717) is 23.2 Å². The minimum atomic E-state index is 0. The Morgan fingerprint density at radius 2 is 2.04 bits per heavy atom. The van der Waals surface area contributed by atoms with Gasteiger partial charge in [-0.15, -0.1) is 24.8 Å². The normalized spacial score (nSPS) is 10.7. The van der Waals surface area contributed by atoms with Crippen LogP contribution in [-0.4, -0.2) is 28.4 Å². The van der Waals surface area contributed by atoms with E-state index < -0.39 is 0 Å². The molecule has 0 aliphatic heterocycles. The maximum Gasteiger partial charge on any atom is 0.129 e. The van der Waals surface area contributed by atoms with E-state index in [1.807, 2.05) is 16.8 Å². The lowest BCUT2D eigenvalue weighted by molar-refractivity contribution is 0.151. The average Bonchev–Trinajstić information content (AvgIpc) is 3.02. The Balaban J connectivity index is 0.00000264. The minimum Gasteiger partial charge on any atom is -0.394 e. The standard InChI is InChI=1S/C15H18Cl2N4O.2ClH/c16-13-4-3-12(10-14(13)17)15(20-22-9-5-18)2-1-7-21-8-6-19-11-21;;/h3-4,6,8,10-11H,1-2,5,7,9,18H2;2*1H. The number of rotatable bonds is 8. The van der Waals surface area contributed by atoms with E-state index in [9.17, 15) is 0 Å². The first-order chi connectivity index (χ1) is 10.7. The van der Waals surface area contributed by atoms with Crippen LogP contribution >= 0.6 is 48.0 Å². The van der Waals surface area contributed by atoms with E-state index in [1.54, 1.807) is 24.7 Å². The van der Waals surface area contributed by atoms with Crippen LogP contribution in [0.15, 0.2) is 42.1 Å². The van der Waals surface area contributed by atoms with Crippen molar-refractivity contribution in [1.82, 2.24) is 9.55 Å². The van der Waals surface area contributed by atoms with Gasteiger partial charge in [-0.25, -0.2) is 4.98 Å². The van der Waals surface area contributed by atoms with Gasteiger partial charge in [0.25, 0.3) is 0 Å². The molecule has 0 saturated heterocycles. The number of benzene rings is 1. The van der Waals surface area contributed by atoms with Gasteiger partial charge in [0, 0.05) is 31.0 Å². The molecule has 1 aromatic carbocycles. The zero-order valence-corrected chi connectivity index (χ0v) is 16.0. The summed E-state index contributed by atoms with van der Waals surface area (Å²) in [4.78, 5) is 9.25. The van der Waals surface area contributed by atoms with Crippen molar-refractivity contribution in [1.29, 1.82) is 0 Å². The first-order valence-electron chi connectivity index (χ1n) is 7.01. The highest BCUT2D eigenvalue weighted by atomic mass is 35.5. The van der Waals surface area contributed by atoms with E-state index in [-0.39, 0.29) is 24.8 Å². The van der Waals surface area contributed by atoms with Crippen molar-refractivity contribution >= 4 is 53.7 Å². The van der Waals surface area contributed by atoms with Gasteiger partial charge in [-0.05, 0) is 25.0 Å². The van der Waals surface area contributed by atoms with E-state index >= 15 is 0 Å². The Bertz CT molecular complexity index is 620. The molecule has 0 aliphatic rings. The molecule has 0 bridgehead atoms. The van der Waals surface area contributed by atoms with Gasteiger partial charge >= 0.3 is 0 Å². The monoisotopic (exact) mass is 412 g/mol. The smallest absolute Gasteiger partial charge is 0.129 e. The van der Waals surface area contributed by atoms with Crippen molar-refractivity contribution in [2.75, 3.05) is 13.2 Å². The fourth-order valence-electron chi connectivity index (χ4n) is 1.94. The SMILES string of the molecule is Cl.Cl.NCCON=C(CCCn1ccnc1)c1ccc(Cl)c(Cl)c1. The number of hydrogen-bond acceptors (Lipinski definition) is 4. The third-order valence-corrected chi connectivity index (χ3v) is 3.76. The number of aromatic nitrogens is 2. The summed E-state index contributed by atoms with van der Waals surface area (Å²) in [6.07, 6.45) is 7.14. The molecule has 0 unspecified atom stereocenters. The fraction of sp³-hybridized carbons (Fsp3) is 0.333. The molecule has 0 spiro atoms. The summed E-state index contributed by atoms with van der Waals surface area (Å²) in [7, 11) is 0. The molecule has 1 heterocycles. The first-order valence-corrected chi connectivity index (χ1v) is 7.76. The average molecular weight is 414 g/mol. The van der Waals surface area contributed by atoms with Crippen LogP contribution in [0.5, 0.6) is 0 Å². The highest BCUT2D eigenvalue weighted by Gasteiger charge is 2.08. The molecule has 0 saturated carbocycles. The summed E-state index contributed by atoms with van der Waals surface area (Å²) in [5.41, 5.74) is 7.14. The number of oxime groups is 1. The topological polar surface area (TPSA) is 65.4 Å². The van der Waals surface area contributed by atoms with Crippen LogP contribution in [0.3, 0.4) is 0 Å². The Kier molecular flexibility index (Phi) is 11.9. The number of hydrogen-bond donors (Lipinski definition) is 1. The van der Waals surface area contributed by atoms with Gasteiger partial charge in [-0.3, -0.25) is 0 Å². The second-order valence-electron chi connectivity index (χ2n) is 4.69. The van der Waals surface area contributed by atoms with Crippen LogP contribution in [0.25, 0.3) is 0 Å². The lowest BCUT2D eigenvalue weighted by atomic mass is 10.1. The third-order valence-electron chi connectivity index (χ3n) is 3.03. The number of aryl methyl sites for hydroxylation is 1. The van der Waals surface area contributed by atoms with Crippen molar-refractivity contribution in [2.24, 2.45) is 10.9 Å². The Labute approximate surface area is 164 Å². The summed E-state index contributed by atoms with van der Waals surface area (Å²) >= 11 is 12.0. The maximum atomic E-state index is 6.07. The molecule has 24 heavy (non-hydrogen) atoms. The quantitative estimate of drug-likeness (QED) is 0.400. The lowest BCUT2D eigenvalue weighted by Gasteiger charge is -2.08. The van der Waals surface area contributed by atoms with Gasteiger partial charge in [0.2, 0.25) is 0 Å². The Hall–Kier alpha value is -0.980. The zero-order valence-electron chi connectivity index (χ0n) is 12.9. The molecule has 134 valence electrons. The van der Waals surface area contributed by atoms with Gasteiger partial charge in [0.15, 0.2) is 0 Å². The number of nitrogens with two attached hydrogens (primary N) is 1. The Morgan fingerprint density at radius 1 is 1.25 bits per heavy atom. The molecular formula is C15H20Cl4N4O. The van der Waals surface area contributed by atoms with Crippen LogP contribution in [0.2, 0.25) is 10.0 Å². The molecule has 9 heteroatoms. The fourth-order valence-corrected chi connectivity index (χ4v) is 2.24. The maximum absolute atomic E-state index is 6.07. The van der Waals surface area contributed by atoms with E-state index in [1.165, 1.54) is 0 Å². The number of nitrogens with zero attached hydrogens (tertiary/aromatic N) is 3. The first kappa shape index (κ1) is 23.0. The van der Waals surface area contributed by atoms with Crippen LogP contribution < -0.4 is 5.73 Å². The molecule has 1 aromatic heterocycles. The molecule has 0 atom stereocenters. The second kappa shape index (κ2) is 12.4. The number of imidazole rings is 1. The zero-order chi connectivity index (χ0) is 15.8. The van der Waals surface area contributed by atoms with E-state index in [2.05, 4.69) is 10.1 Å². The van der Waals surface area contributed by atoms with Gasteiger partial charge in [0.1, 0.15) is 6.61 Å². The molecule has 0 radical (unpaired) electrons. The van der Waals surface area contributed by atoms with Crippen molar-refractivity contribution in [2.45, 2.75) is 19.4 Å². The molecule has 2 rings (SSSR count). The molecule has 0 amide bonds. The molecule has 2 N–H and O–H groups in total. The van der Waals surface area contributed by atoms with Crippen molar-refractivity contribution < 1.29 is 4.84 Å². The van der Waals surface area contributed by atoms with Gasteiger partial charge in [0.05, 0.1) is 22.1 Å². The van der Waals surface area contributed by atoms with Crippen LogP contribution in [0.1, 0.15) is 18.4 Å². The van der Waals surface area contributed by atoms with Gasteiger partial charge in [-0.2, -0.15) is 0 Å². The summed E-state index contributed by atoms with van der Waals surface area (Å²) in [5.74, 6) is 0. The summed E-state index contributed by atoms with van der Waals surface area (Å²) in [5, 5.41) is 5.20. The summed E-state index contributed by atoms with van der Waals surface area (Å²) in [6, 6.07) is 5.44. The van der Waals surface area contributed by atoms with Crippen molar-refractivity contribution in [3.8, 4) is 0 Å². The van der Waals surface area contributed by atoms with Crippen LogP contribution in [0, 0.1) is 0 Å². The lowest BCUT2D eigenvalue weighted by Crippen LogP contribution is -2.09. The molecule has 5 nitrogen and oxygen atoms in total. The summed E-state index contributed by atoms with van der Waals surface area (Å²) in [6.45, 7) is 1.66. The largest absolute Gasteiger partial charge is 0.394 e. The third kappa shape index (κ3) is 7.28. The second-order valence-corrected chi connectivity index (χ2v) is 5.51. The Morgan fingerprint density at radius 3 is 2.67 bits per heavy atom.